The molecule has 1 N–H and O–H groups in total. The van der Waals surface area contributed by atoms with E-state index >= 15 is 0 Å². The van der Waals surface area contributed by atoms with Crippen LogP contribution in [0.2, 0.25) is 0 Å². The van der Waals surface area contributed by atoms with Crippen molar-refractivity contribution in [1.82, 2.24) is 10.2 Å². The molecule has 1 aromatic heterocycles. The Hall–Kier alpha value is -0.380. The lowest BCUT2D eigenvalue weighted by molar-refractivity contribution is 0.159. The largest absolute Gasteiger partial charge is 0.307 e. The lowest BCUT2D eigenvalue weighted by atomic mass is 9.89. The van der Waals surface area contributed by atoms with Crippen LogP contribution in [0.4, 0.5) is 0 Å². The summed E-state index contributed by atoms with van der Waals surface area (Å²) in [5, 5.41) is 8.21. The Morgan fingerprint density at radius 1 is 1.37 bits per heavy atom. The van der Waals surface area contributed by atoms with Gasteiger partial charge in [-0.05, 0) is 81.1 Å². The molecule has 2 heterocycles. The van der Waals surface area contributed by atoms with Crippen LogP contribution in [0.5, 0.6) is 0 Å². The summed E-state index contributed by atoms with van der Waals surface area (Å²) in [7, 11) is 0. The molecule has 0 aliphatic carbocycles. The average Bonchev–Trinajstić information content (AvgIpc) is 2.94. The summed E-state index contributed by atoms with van der Waals surface area (Å²) >= 11 is 1.79. The van der Waals surface area contributed by atoms with Gasteiger partial charge < -0.3 is 10.2 Å². The Bertz CT molecular complexity index is 342. The van der Waals surface area contributed by atoms with Crippen LogP contribution in [0.15, 0.2) is 16.8 Å². The zero-order valence-electron chi connectivity index (χ0n) is 12.6. The molecule has 0 aromatic carbocycles. The molecule has 1 aliphatic rings. The number of rotatable bonds is 6. The second-order valence-corrected chi connectivity index (χ2v) is 6.69. The van der Waals surface area contributed by atoms with E-state index in [1.165, 1.54) is 44.5 Å². The minimum atomic E-state index is 0.481. The summed E-state index contributed by atoms with van der Waals surface area (Å²) < 4.78 is 0. The summed E-state index contributed by atoms with van der Waals surface area (Å²) in [6.07, 6.45) is 3.99. The molecule has 1 saturated heterocycles. The SMILES string of the molecule is CCCN1CCC(C(C)NC(C)c2ccsc2)CC1. The standard InChI is InChI=1S/C16H28N2S/c1-4-8-18-9-5-15(6-10-18)13(2)17-14(3)16-7-11-19-12-16/h7,11-15,17H,4-6,8-10H2,1-3H3. The minimum absolute atomic E-state index is 0.481. The van der Waals surface area contributed by atoms with E-state index < -0.39 is 0 Å². The van der Waals surface area contributed by atoms with Gasteiger partial charge in [0, 0.05) is 12.1 Å². The Balaban J connectivity index is 1.76. The van der Waals surface area contributed by atoms with Crippen molar-refractivity contribution >= 4 is 11.3 Å². The van der Waals surface area contributed by atoms with Crippen molar-refractivity contribution in [3.63, 3.8) is 0 Å². The summed E-state index contributed by atoms with van der Waals surface area (Å²) in [6, 6.07) is 3.34. The first-order valence-electron chi connectivity index (χ1n) is 7.71. The number of hydrogen-bond acceptors (Lipinski definition) is 3. The molecule has 1 aromatic rings. The molecule has 0 amide bonds. The fourth-order valence-corrected chi connectivity index (χ4v) is 3.89. The molecule has 2 rings (SSSR count). The maximum atomic E-state index is 3.79. The zero-order valence-corrected chi connectivity index (χ0v) is 13.4. The van der Waals surface area contributed by atoms with Gasteiger partial charge in [0.15, 0.2) is 0 Å². The second kappa shape index (κ2) is 7.41. The average molecular weight is 280 g/mol. The number of nitrogens with zero attached hydrogens (tertiary/aromatic N) is 1. The van der Waals surface area contributed by atoms with Crippen molar-refractivity contribution in [2.24, 2.45) is 5.92 Å². The highest BCUT2D eigenvalue weighted by molar-refractivity contribution is 7.07. The molecule has 2 atom stereocenters. The van der Waals surface area contributed by atoms with Gasteiger partial charge in [-0.2, -0.15) is 11.3 Å². The predicted molar refractivity (Wildman–Crippen MR) is 84.8 cm³/mol. The third kappa shape index (κ3) is 4.30. The van der Waals surface area contributed by atoms with E-state index in [1.54, 1.807) is 11.3 Å². The summed E-state index contributed by atoms with van der Waals surface area (Å²) in [4.78, 5) is 2.62. The topological polar surface area (TPSA) is 15.3 Å². The van der Waals surface area contributed by atoms with E-state index in [0.29, 0.717) is 12.1 Å². The molecule has 0 saturated carbocycles. The van der Waals surface area contributed by atoms with Crippen molar-refractivity contribution in [3.05, 3.63) is 22.4 Å². The van der Waals surface area contributed by atoms with E-state index in [9.17, 15) is 0 Å². The van der Waals surface area contributed by atoms with Gasteiger partial charge in [0.05, 0.1) is 0 Å². The van der Waals surface area contributed by atoms with E-state index in [0.717, 1.165) is 5.92 Å². The van der Waals surface area contributed by atoms with Gasteiger partial charge in [-0.15, -0.1) is 0 Å². The van der Waals surface area contributed by atoms with Crippen LogP contribution in [0, 0.1) is 5.92 Å². The van der Waals surface area contributed by atoms with E-state index in [-0.39, 0.29) is 0 Å². The summed E-state index contributed by atoms with van der Waals surface area (Å²) in [5.41, 5.74) is 1.43. The molecule has 0 spiro atoms. The van der Waals surface area contributed by atoms with Gasteiger partial charge in [-0.1, -0.05) is 6.92 Å². The van der Waals surface area contributed by atoms with E-state index in [2.05, 4.69) is 47.8 Å². The molecule has 108 valence electrons. The summed E-state index contributed by atoms with van der Waals surface area (Å²) in [6.45, 7) is 10.8. The number of nitrogens with one attached hydrogen (secondary N) is 1. The van der Waals surface area contributed by atoms with Crippen molar-refractivity contribution in [2.45, 2.75) is 52.1 Å². The first-order chi connectivity index (χ1) is 9.20. The van der Waals surface area contributed by atoms with Crippen LogP contribution in [0.1, 0.15) is 51.6 Å². The van der Waals surface area contributed by atoms with Crippen molar-refractivity contribution in [1.29, 1.82) is 0 Å². The number of hydrogen-bond donors (Lipinski definition) is 1. The normalized spacial score (nSPS) is 21.4. The Kier molecular flexibility index (Phi) is 5.86. The van der Waals surface area contributed by atoms with Crippen LogP contribution in [-0.2, 0) is 0 Å². The van der Waals surface area contributed by atoms with Gasteiger partial charge in [0.25, 0.3) is 0 Å². The minimum Gasteiger partial charge on any atom is -0.307 e. The Morgan fingerprint density at radius 2 is 2.11 bits per heavy atom. The number of piperidine rings is 1. The molecule has 1 aliphatic heterocycles. The van der Waals surface area contributed by atoms with Crippen LogP contribution in [0.25, 0.3) is 0 Å². The van der Waals surface area contributed by atoms with Gasteiger partial charge in [-0.3, -0.25) is 0 Å². The second-order valence-electron chi connectivity index (χ2n) is 5.91. The Labute approximate surface area is 122 Å². The molecule has 0 radical (unpaired) electrons. The first-order valence-corrected chi connectivity index (χ1v) is 8.65. The van der Waals surface area contributed by atoms with Gasteiger partial charge >= 0.3 is 0 Å². The predicted octanol–water partition coefficient (Wildman–Crippen LogP) is 3.91. The fourth-order valence-electron chi connectivity index (χ4n) is 3.14. The molecular formula is C16H28N2S. The first kappa shape index (κ1) is 15.0. The molecular weight excluding hydrogens is 252 g/mol. The van der Waals surface area contributed by atoms with Crippen molar-refractivity contribution < 1.29 is 0 Å². The van der Waals surface area contributed by atoms with Gasteiger partial charge in [0.1, 0.15) is 0 Å². The lowest BCUT2D eigenvalue weighted by Crippen LogP contribution is -2.42. The van der Waals surface area contributed by atoms with Crippen LogP contribution >= 0.6 is 11.3 Å². The maximum Gasteiger partial charge on any atom is 0.0302 e. The van der Waals surface area contributed by atoms with Crippen LogP contribution < -0.4 is 5.32 Å². The zero-order chi connectivity index (χ0) is 13.7. The molecule has 2 unspecified atom stereocenters. The quantitative estimate of drug-likeness (QED) is 0.850. The van der Waals surface area contributed by atoms with Crippen LogP contribution in [0.3, 0.4) is 0 Å². The molecule has 2 nitrogen and oxygen atoms in total. The van der Waals surface area contributed by atoms with Crippen LogP contribution in [-0.4, -0.2) is 30.6 Å². The molecule has 3 heteroatoms. The molecule has 0 bridgehead atoms. The van der Waals surface area contributed by atoms with Crippen molar-refractivity contribution in [2.75, 3.05) is 19.6 Å². The highest BCUT2D eigenvalue weighted by atomic mass is 32.1. The smallest absolute Gasteiger partial charge is 0.0302 e. The maximum absolute atomic E-state index is 3.79. The Morgan fingerprint density at radius 3 is 2.68 bits per heavy atom. The van der Waals surface area contributed by atoms with Crippen molar-refractivity contribution in [3.8, 4) is 0 Å². The molecule has 1 fully saturated rings. The molecule has 19 heavy (non-hydrogen) atoms. The highest BCUT2D eigenvalue weighted by Gasteiger charge is 2.24. The van der Waals surface area contributed by atoms with E-state index in [1.807, 2.05) is 0 Å². The third-order valence-electron chi connectivity index (χ3n) is 4.44. The van der Waals surface area contributed by atoms with Gasteiger partial charge in [0.2, 0.25) is 0 Å². The fraction of sp³-hybridized carbons (Fsp3) is 0.750. The van der Waals surface area contributed by atoms with E-state index in [4.69, 9.17) is 0 Å². The highest BCUT2D eigenvalue weighted by Crippen LogP contribution is 2.23. The van der Waals surface area contributed by atoms with Gasteiger partial charge in [-0.25, -0.2) is 0 Å². The number of likely N-dealkylation sites (tertiary alicyclic amines) is 1. The summed E-state index contributed by atoms with van der Waals surface area (Å²) in [5.74, 6) is 0.842. The lowest BCUT2D eigenvalue weighted by Gasteiger charge is -2.36. The monoisotopic (exact) mass is 280 g/mol. The number of thiophene rings is 1. The third-order valence-corrected chi connectivity index (χ3v) is 5.14.